The van der Waals surface area contributed by atoms with E-state index < -0.39 is 0 Å². The molecule has 2 N–H and O–H groups in total. The monoisotopic (exact) mass is 341 g/mol. The molecule has 5 rings (SSSR count). The second-order valence-electron chi connectivity index (χ2n) is 6.51. The third-order valence-corrected chi connectivity index (χ3v) is 5.13. The molecule has 0 aliphatic rings. The molecule has 0 saturated heterocycles. The van der Waals surface area contributed by atoms with Gasteiger partial charge in [-0.3, -0.25) is 0 Å². The Balaban J connectivity index is 2.08. The number of nitrogen functional groups attached to an aromatic ring is 1. The molecule has 0 aromatic heterocycles. The Morgan fingerprint density at radius 1 is 0.808 bits per heavy atom. The van der Waals surface area contributed by atoms with Crippen molar-refractivity contribution in [3.8, 4) is 16.9 Å². The quantitative estimate of drug-likeness (QED) is 0.316. The molecule has 5 aromatic rings. The van der Waals surface area contributed by atoms with E-state index in [-0.39, 0.29) is 5.82 Å². The van der Waals surface area contributed by atoms with Gasteiger partial charge in [0.25, 0.3) is 0 Å². The Morgan fingerprint density at radius 2 is 1.62 bits per heavy atom. The zero-order chi connectivity index (χ0) is 17.8. The third-order valence-electron chi connectivity index (χ3n) is 5.13. The van der Waals surface area contributed by atoms with E-state index in [0.717, 1.165) is 38.1 Å². The maximum atomic E-state index is 14.9. The molecule has 0 atom stereocenters. The Kier molecular flexibility index (Phi) is 3.07. The molecule has 0 radical (unpaired) electrons. The Bertz CT molecular complexity index is 1290. The summed E-state index contributed by atoms with van der Waals surface area (Å²) in [7, 11) is 1.60. The number of rotatable bonds is 2. The average molecular weight is 341 g/mol. The van der Waals surface area contributed by atoms with E-state index in [9.17, 15) is 4.39 Å². The van der Waals surface area contributed by atoms with Crippen LogP contribution in [0.4, 0.5) is 10.1 Å². The number of ether oxygens (including phenoxy) is 1. The highest BCUT2D eigenvalue weighted by Gasteiger charge is 2.19. The maximum absolute atomic E-state index is 14.9. The summed E-state index contributed by atoms with van der Waals surface area (Å²) in [4.78, 5) is 0. The minimum atomic E-state index is -0.243. The normalized spacial score (nSPS) is 11.6. The molecular weight excluding hydrogens is 325 g/mol. The zero-order valence-electron chi connectivity index (χ0n) is 14.2. The fraction of sp³-hybridized carbons (Fsp3) is 0.0435. The van der Waals surface area contributed by atoms with Crippen LogP contribution in [-0.4, -0.2) is 7.11 Å². The lowest BCUT2D eigenvalue weighted by atomic mass is 9.88. The van der Waals surface area contributed by atoms with Gasteiger partial charge in [0, 0.05) is 27.6 Å². The first kappa shape index (κ1) is 15.0. The number of benzene rings is 5. The van der Waals surface area contributed by atoms with E-state index >= 15 is 0 Å². The van der Waals surface area contributed by atoms with Crippen LogP contribution in [0.15, 0.2) is 66.7 Å². The second-order valence-corrected chi connectivity index (χ2v) is 6.51. The molecule has 0 bridgehead atoms. The third kappa shape index (κ3) is 1.91. The second kappa shape index (κ2) is 5.33. The predicted octanol–water partition coefficient (Wildman–Crippen LogP) is 5.98. The first-order valence-electron chi connectivity index (χ1n) is 8.48. The summed E-state index contributed by atoms with van der Waals surface area (Å²) in [6.07, 6.45) is 0. The van der Waals surface area contributed by atoms with Gasteiger partial charge in [0.2, 0.25) is 0 Å². The summed E-state index contributed by atoms with van der Waals surface area (Å²) >= 11 is 0. The van der Waals surface area contributed by atoms with Gasteiger partial charge in [0.15, 0.2) is 0 Å². The number of hydrogen-bond acceptors (Lipinski definition) is 2. The van der Waals surface area contributed by atoms with Gasteiger partial charge < -0.3 is 10.5 Å². The van der Waals surface area contributed by atoms with E-state index in [1.165, 1.54) is 0 Å². The van der Waals surface area contributed by atoms with Crippen LogP contribution in [0.2, 0.25) is 0 Å². The number of para-hydroxylation sites is 1. The van der Waals surface area contributed by atoms with Crippen LogP contribution in [0.3, 0.4) is 0 Å². The van der Waals surface area contributed by atoms with Crippen molar-refractivity contribution in [3.05, 3.63) is 72.5 Å². The topological polar surface area (TPSA) is 35.2 Å². The fourth-order valence-electron chi connectivity index (χ4n) is 3.99. The van der Waals surface area contributed by atoms with Crippen molar-refractivity contribution in [3.63, 3.8) is 0 Å². The predicted molar refractivity (Wildman–Crippen MR) is 107 cm³/mol. The molecule has 26 heavy (non-hydrogen) atoms. The molecule has 5 aromatic carbocycles. The number of hydrogen-bond donors (Lipinski definition) is 1. The molecule has 0 fully saturated rings. The lowest BCUT2D eigenvalue weighted by molar-refractivity contribution is 0.417. The first-order valence-corrected chi connectivity index (χ1v) is 8.48. The van der Waals surface area contributed by atoms with Crippen molar-refractivity contribution in [2.45, 2.75) is 0 Å². The molecule has 126 valence electrons. The molecule has 0 amide bonds. The molecular formula is C23H16FNO. The number of nitrogens with two attached hydrogens (primary N) is 1. The van der Waals surface area contributed by atoms with Crippen LogP contribution in [0.5, 0.6) is 5.75 Å². The van der Waals surface area contributed by atoms with E-state index in [0.29, 0.717) is 16.8 Å². The van der Waals surface area contributed by atoms with Crippen molar-refractivity contribution in [2.24, 2.45) is 0 Å². The molecule has 3 heteroatoms. The number of methoxy groups -OCH3 is 1. The van der Waals surface area contributed by atoms with Gasteiger partial charge in [-0.2, -0.15) is 0 Å². The molecule has 0 spiro atoms. The highest BCUT2D eigenvalue weighted by Crippen LogP contribution is 2.46. The van der Waals surface area contributed by atoms with Crippen molar-refractivity contribution < 1.29 is 9.13 Å². The van der Waals surface area contributed by atoms with Gasteiger partial charge in [-0.15, -0.1) is 0 Å². The molecule has 0 heterocycles. The van der Waals surface area contributed by atoms with Crippen LogP contribution in [0.1, 0.15) is 0 Å². The Hall–Kier alpha value is -3.33. The van der Waals surface area contributed by atoms with Crippen LogP contribution < -0.4 is 10.5 Å². The van der Waals surface area contributed by atoms with Crippen LogP contribution >= 0.6 is 0 Å². The molecule has 2 nitrogen and oxygen atoms in total. The van der Waals surface area contributed by atoms with Gasteiger partial charge in [0.1, 0.15) is 11.6 Å². The van der Waals surface area contributed by atoms with Crippen molar-refractivity contribution in [1.29, 1.82) is 0 Å². The summed E-state index contributed by atoms with van der Waals surface area (Å²) in [6.45, 7) is 0. The van der Waals surface area contributed by atoms with Gasteiger partial charge >= 0.3 is 0 Å². The summed E-state index contributed by atoms with van der Waals surface area (Å²) < 4.78 is 20.5. The minimum absolute atomic E-state index is 0.243. The summed E-state index contributed by atoms with van der Waals surface area (Å²) in [6, 6.07) is 21.1. The Morgan fingerprint density at radius 3 is 2.42 bits per heavy atom. The number of halogens is 1. The van der Waals surface area contributed by atoms with Crippen molar-refractivity contribution in [1.82, 2.24) is 0 Å². The van der Waals surface area contributed by atoms with Gasteiger partial charge in [-0.05, 0) is 39.7 Å². The van der Waals surface area contributed by atoms with Gasteiger partial charge in [-0.1, -0.05) is 48.5 Å². The molecule has 0 aliphatic carbocycles. The van der Waals surface area contributed by atoms with Crippen molar-refractivity contribution in [2.75, 3.05) is 12.8 Å². The molecule has 0 aliphatic heterocycles. The van der Waals surface area contributed by atoms with E-state index in [1.807, 2.05) is 42.5 Å². The lowest BCUT2D eigenvalue weighted by Crippen LogP contribution is -1.96. The SMILES string of the molecule is COc1cc2c(F)cc3cccc4ccc(c1-c1ccccc1N)c2c43. The Labute approximate surface area is 149 Å². The van der Waals surface area contributed by atoms with E-state index in [2.05, 4.69) is 12.1 Å². The summed E-state index contributed by atoms with van der Waals surface area (Å²) in [5.41, 5.74) is 8.71. The summed E-state index contributed by atoms with van der Waals surface area (Å²) in [5, 5.41) is 5.49. The lowest BCUT2D eigenvalue weighted by Gasteiger charge is -2.18. The van der Waals surface area contributed by atoms with Crippen molar-refractivity contribution >= 4 is 38.0 Å². The minimum Gasteiger partial charge on any atom is -0.496 e. The zero-order valence-corrected chi connectivity index (χ0v) is 14.2. The highest BCUT2D eigenvalue weighted by molar-refractivity contribution is 6.26. The number of anilines is 1. The largest absolute Gasteiger partial charge is 0.496 e. The molecule has 0 unspecified atom stereocenters. The van der Waals surface area contributed by atoms with E-state index in [1.54, 1.807) is 19.2 Å². The molecule has 0 saturated carbocycles. The van der Waals surface area contributed by atoms with Gasteiger partial charge in [-0.25, -0.2) is 4.39 Å². The summed E-state index contributed by atoms with van der Waals surface area (Å²) in [5.74, 6) is 0.375. The van der Waals surface area contributed by atoms with Crippen LogP contribution in [0.25, 0.3) is 43.4 Å². The smallest absolute Gasteiger partial charge is 0.131 e. The average Bonchev–Trinajstić information content (AvgIpc) is 2.66. The first-order chi connectivity index (χ1) is 12.7. The highest BCUT2D eigenvalue weighted by atomic mass is 19.1. The van der Waals surface area contributed by atoms with Gasteiger partial charge in [0.05, 0.1) is 7.11 Å². The van der Waals surface area contributed by atoms with Crippen LogP contribution in [-0.2, 0) is 0 Å². The standard InChI is InChI=1S/C23H16FNO/c1-26-20-12-17-18(24)11-14-6-4-5-13-9-10-16(23(17)21(13)14)22(20)15-7-2-3-8-19(15)25/h2-12H,25H2,1H3. The van der Waals surface area contributed by atoms with Crippen LogP contribution in [0, 0.1) is 5.82 Å². The maximum Gasteiger partial charge on any atom is 0.131 e. The van der Waals surface area contributed by atoms with E-state index in [4.69, 9.17) is 10.5 Å². The fourth-order valence-corrected chi connectivity index (χ4v) is 3.99.